The molecule has 2 aliphatic heterocycles. The van der Waals surface area contributed by atoms with Crippen LogP contribution in [0.25, 0.3) is 0 Å². The molecular weight excluding hydrogens is 325 g/mol. The first-order valence-electron chi connectivity index (χ1n) is 8.56. The van der Waals surface area contributed by atoms with Gasteiger partial charge in [-0.05, 0) is 18.2 Å². The molecule has 0 aliphatic carbocycles. The van der Waals surface area contributed by atoms with E-state index in [9.17, 15) is 4.39 Å². The number of hydrogen-bond donors (Lipinski definition) is 1. The Kier molecular flexibility index (Phi) is 4.91. The van der Waals surface area contributed by atoms with Crippen LogP contribution < -0.4 is 5.32 Å². The van der Waals surface area contributed by atoms with Crippen molar-refractivity contribution in [2.75, 3.05) is 38.2 Å². The molecule has 0 amide bonds. The first-order valence-corrected chi connectivity index (χ1v) is 8.56. The minimum absolute atomic E-state index is 0.0241. The predicted molar refractivity (Wildman–Crippen MR) is 89.8 cm³/mol. The fourth-order valence-corrected chi connectivity index (χ4v) is 3.34. The largest absolute Gasteiger partial charge is 0.378 e. The summed E-state index contributed by atoms with van der Waals surface area (Å²) >= 11 is 0. The monoisotopic (exact) mass is 347 g/mol. The van der Waals surface area contributed by atoms with Crippen LogP contribution in [0.1, 0.15) is 0 Å². The van der Waals surface area contributed by atoms with E-state index in [1.54, 1.807) is 18.7 Å². The lowest BCUT2D eigenvalue weighted by atomic mass is 10.2. The van der Waals surface area contributed by atoms with E-state index >= 15 is 0 Å². The van der Waals surface area contributed by atoms with E-state index in [2.05, 4.69) is 20.3 Å². The Bertz CT molecular complexity index is 667. The van der Waals surface area contributed by atoms with Gasteiger partial charge in [0.1, 0.15) is 18.5 Å². The Morgan fingerprint density at radius 2 is 1.96 bits per heavy atom. The van der Waals surface area contributed by atoms with Crippen molar-refractivity contribution in [1.82, 2.24) is 19.7 Å². The maximum atomic E-state index is 13.3. The summed E-state index contributed by atoms with van der Waals surface area (Å²) in [4.78, 5) is 6.28. The molecule has 8 heteroatoms. The molecule has 0 spiro atoms. The minimum Gasteiger partial charge on any atom is -0.378 e. The third-order valence-corrected chi connectivity index (χ3v) is 4.62. The van der Waals surface area contributed by atoms with Gasteiger partial charge in [0.15, 0.2) is 0 Å². The standard InChI is InChI=1S/C17H22FN5O2/c18-13-2-1-3-14(6-13)21-15-9-24-16-7-22(8-17(16)25-10-15)4-5-23-12-19-11-20-23/h1-3,6,11-12,15-17,21H,4-5,7-10H2/t16-,17-/m0/s1. The predicted octanol–water partition coefficient (Wildman–Crippen LogP) is 0.997. The molecule has 4 rings (SSSR count). The van der Waals surface area contributed by atoms with Gasteiger partial charge in [0, 0.05) is 25.3 Å². The highest BCUT2D eigenvalue weighted by molar-refractivity contribution is 5.44. The van der Waals surface area contributed by atoms with E-state index in [0.717, 1.165) is 31.9 Å². The number of fused-ring (bicyclic) bond motifs is 1. The van der Waals surface area contributed by atoms with Crippen LogP contribution in [-0.2, 0) is 16.0 Å². The molecule has 0 radical (unpaired) electrons. The van der Waals surface area contributed by atoms with Crippen molar-refractivity contribution in [2.24, 2.45) is 0 Å². The van der Waals surface area contributed by atoms with E-state index in [-0.39, 0.29) is 24.1 Å². The highest BCUT2D eigenvalue weighted by atomic mass is 19.1. The second-order valence-electron chi connectivity index (χ2n) is 6.51. The quantitative estimate of drug-likeness (QED) is 0.871. The molecular formula is C17H22FN5O2. The molecule has 25 heavy (non-hydrogen) atoms. The second kappa shape index (κ2) is 7.47. The van der Waals surface area contributed by atoms with Gasteiger partial charge in [-0.2, -0.15) is 5.10 Å². The summed E-state index contributed by atoms with van der Waals surface area (Å²) in [6, 6.07) is 6.48. The zero-order chi connectivity index (χ0) is 17.1. The average molecular weight is 347 g/mol. The van der Waals surface area contributed by atoms with Gasteiger partial charge in [-0.1, -0.05) is 6.07 Å². The number of likely N-dealkylation sites (tertiary alicyclic amines) is 1. The number of aromatic nitrogens is 3. The fraction of sp³-hybridized carbons (Fsp3) is 0.529. The second-order valence-corrected chi connectivity index (χ2v) is 6.51. The number of hydrogen-bond acceptors (Lipinski definition) is 6. The van der Waals surface area contributed by atoms with Gasteiger partial charge in [-0.25, -0.2) is 9.37 Å². The highest BCUT2D eigenvalue weighted by Gasteiger charge is 2.37. The lowest BCUT2D eigenvalue weighted by Gasteiger charge is -2.19. The van der Waals surface area contributed by atoms with Gasteiger partial charge in [0.25, 0.3) is 0 Å². The van der Waals surface area contributed by atoms with E-state index in [0.29, 0.717) is 13.2 Å². The van der Waals surface area contributed by atoms with Crippen molar-refractivity contribution in [3.8, 4) is 0 Å². The normalized spacial score (nSPS) is 24.8. The van der Waals surface area contributed by atoms with Crippen LogP contribution in [0.15, 0.2) is 36.9 Å². The molecule has 134 valence electrons. The molecule has 3 heterocycles. The molecule has 0 saturated carbocycles. The summed E-state index contributed by atoms with van der Waals surface area (Å²) in [5.74, 6) is -0.250. The van der Waals surface area contributed by atoms with Crippen molar-refractivity contribution in [3.05, 3.63) is 42.7 Å². The minimum atomic E-state index is -0.250. The average Bonchev–Trinajstić information content (AvgIpc) is 3.22. The summed E-state index contributed by atoms with van der Waals surface area (Å²) in [7, 11) is 0. The zero-order valence-corrected chi connectivity index (χ0v) is 13.9. The summed E-state index contributed by atoms with van der Waals surface area (Å²) in [6.45, 7) is 4.51. The summed E-state index contributed by atoms with van der Waals surface area (Å²) in [5.41, 5.74) is 0.749. The molecule has 2 fully saturated rings. The summed E-state index contributed by atoms with van der Waals surface area (Å²) in [6.07, 6.45) is 3.43. The first kappa shape index (κ1) is 16.4. The van der Waals surface area contributed by atoms with Crippen LogP contribution in [0.4, 0.5) is 10.1 Å². The van der Waals surface area contributed by atoms with Gasteiger partial charge in [-0.15, -0.1) is 0 Å². The molecule has 7 nitrogen and oxygen atoms in total. The molecule has 1 aromatic heterocycles. The number of nitrogens with zero attached hydrogens (tertiary/aromatic N) is 4. The van der Waals surface area contributed by atoms with Crippen LogP contribution in [0.3, 0.4) is 0 Å². The Morgan fingerprint density at radius 3 is 2.64 bits per heavy atom. The molecule has 2 aromatic rings. The zero-order valence-electron chi connectivity index (χ0n) is 13.9. The number of rotatable bonds is 5. The van der Waals surface area contributed by atoms with Gasteiger partial charge in [-0.3, -0.25) is 9.58 Å². The van der Waals surface area contributed by atoms with Crippen molar-refractivity contribution in [2.45, 2.75) is 24.8 Å². The highest BCUT2D eigenvalue weighted by Crippen LogP contribution is 2.21. The van der Waals surface area contributed by atoms with E-state index in [4.69, 9.17) is 9.47 Å². The third-order valence-electron chi connectivity index (χ3n) is 4.62. The van der Waals surface area contributed by atoms with E-state index < -0.39 is 0 Å². The van der Waals surface area contributed by atoms with Crippen molar-refractivity contribution in [1.29, 1.82) is 0 Å². The Hall–Kier alpha value is -2.03. The van der Waals surface area contributed by atoms with Gasteiger partial charge in [0.2, 0.25) is 0 Å². The van der Waals surface area contributed by atoms with Gasteiger partial charge < -0.3 is 14.8 Å². The van der Waals surface area contributed by atoms with Gasteiger partial charge in [0.05, 0.1) is 38.0 Å². The van der Waals surface area contributed by atoms with Crippen LogP contribution in [0, 0.1) is 5.82 Å². The van der Waals surface area contributed by atoms with Crippen LogP contribution >= 0.6 is 0 Å². The SMILES string of the molecule is Fc1cccc(NC2CO[C@H]3CN(CCn4cncn4)C[C@@H]3OC2)c1. The molecule has 0 bridgehead atoms. The van der Waals surface area contributed by atoms with E-state index in [1.807, 2.05) is 10.7 Å². The maximum absolute atomic E-state index is 13.3. The number of anilines is 1. The summed E-state index contributed by atoms with van der Waals surface area (Å²) in [5, 5.41) is 7.40. The van der Waals surface area contributed by atoms with Crippen LogP contribution in [0.5, 0.6) is 0 Å². The number of halogens is 1. The summed E-state index contributed by atoms with van der Waals surface area (Å²) < 4.78 is 27.2. The molecule has 2 atom stereocenters. The Balaban J connectivity index is 1.26. The van der Waals surface area contributed by atoms with Gasteiger partial charge >= 0.3 is 0 Å². The molecule has 0 unspecified atom stereocenters. The van der Waals surface area contributed by atoms with Crippen LogP contribution in [-0.4, -0.2) is 70.8 Å². The number of nitrogens with one attached hydrogen (secondary N) is 1. The Morgan fingerprint density at radius 1 is 1.16 bits per heavy atom. The third kappa shape index (κ3) is 4.15. The van der Waals surface area contributed by atoms with Crippen LogP contribution in [0.2, 0.25) is 0 Å². The Labute approximate surface area is 145 Å². The lowest BCUT2D eigenvalue weighted by Crippen LogP contribution is -2.32. The maximum Gasteiger partial charge on any atom is 0.137 e. The topological polar surface area (TPSA) is 64.4 Å². The number of ether oxygens (including phenoxy) is 2. The molecule has 1 aromatic carbocycles. The number of benzene rings is 1. The first-order chi connectivity index (χ1) is 12.3. The van der Waals surface area contributed by atoms with Crippen molar-refractivity contribution < 1.29 is 13.9 Å². The molecule has 2 saturated heterocycles. The van der Waals surface area contributed by atoms with E-state index in [1.165, 1.54) is 12.1 Å². The van der Waals surface area contributed by atoms with Crippen molar-refractivity contribution in [3.63, 3.8) is 0 Å². The van der Waals surface area contributed by atoms with Crippen molar-refractivity contribution >= 4 is 5.69 Å². The fourth-order valence-electron chi connectivity index (χ4n) is 3.34. The molecule has 2 aliphatic rings. The smallest absolute Gasteiger partial charge is 0.137 e. The lowest BCUT2D eigenvalue weighted by molar-refractivity contribution is -0.00461. The molecule has 1 N–H and O–H groups in total.